The quantitative estimate of drug-likeness (QED) is 0.775. The van der Waals surface area contributed by atoms with Crippen LogP contribution in [0.25, 0.3) is 10.9 Å². The van der Waals surface area contributed by atoms with Crippen molar-refractivity contribution in [1.29, 1.82) is 0 Å². The lowest BCUT2D eigenvalue weighted by molar-refractivity contribution is 0.137. The first kappa shape index (κ1) is 16.8. The van der Waals surface area contributed by atoms with E-state index in [-0.39, 0.29) is 5.41 Å². The number of likely N-dealkylation sites (tertiary alicyclic amines) is 1. The topological polar surface area (TPSA) is 60.0 Å². The molecule has 3 aromatic rings. The molecule has 27 heavy (non-hydrogen) atoms. The van der Waals surface area contributed by atoms with Crippen LogP contribution in [0, 0.1) is 0 Å². The van der Waals surface area contributed by atoms with Crippen LogP contribution in [-0.2, 0) is 24.9 Å². The third-order valence-electron chi connectivity index (χ3n) is 6.55. The lowest BCUT2D eigenvalue weighted by Crippen LogP contribution is -2.45. The fourth-order valence-electron chi connectivity index (χ4n) is 5.26. The number of rotatable bonds is 3. The Kier molecular flexibility index (Phi) is 3.93. The van der Waals surface area contributed by atoms with Gasteiger partial charge < -0.3 is 10.3 Å². The summed E-state index contributed by atoms with van der Waals surface area (Å²) >= 11 is 0. The number of hydrogen-bond donors (Lipinski definition) is 1. The standard InChI is InChI=1S/C22H27N5/c1-2-27-12-8-18-17(5-3-6-19(18)27)14-26-11-4-9-22(15-26)10-7-16-13-24-21(23)25-20(16)22/h3,5-6,8,12-13H,2,4,7,9-11,14-15H2,1H3,(H2,23,24,25). The fourth-order valence-corrected chi connectivity index (χ4v) is 5.26. The number of hydrogen-bond acceptors (Lipinski definition) is 4. The van der Waals surface area contributed by atoms with E-state index in [0.29, 0.717) is 5.95 Å². The Labute approximate surface area is 160 Å². The molecule has 1 aliphatic carbocycles. The lowest BCUT2D eigenvalue weighted by Gasteiger charge is -2.40. The zero-order valence-corrected chi connectivity index (χ0v) is 16.0. The normalized spacial score (nSPS) is 22.6. The maximum absolute atomic E-state index is 5.92. The number of nitrogens with two attached hydrogens (primary N) is 1. The molecule has 1 unspecified atom stereocenters. The molecule has 2 aliphatic rings. The molecule has 2 N–H and O–H groups in total. The molecule has 5 rings (SSSR count). The van der Waals surface area contributed by atoms with Crippen LogP contribution in [0.4, 0.5) is 5.95 Å². The zero-order valence-electron chi connectivity index (χ0n) is 16.0. The van der Waals surface area contributed by atoms with E-state index in [0.717, 1.165) is 32.6 Å². The van der Waals surface area contributed by atoms with Crippen molar-refractivity contribution in [3.8, 4) is 0 Å². The highest BCUT2D eigenvalue weighted by molar-refractivity contribution is 5.83. The van der Waals surface area contributed by atoms with Gasteiger partial charge in [0.15, 0.2) is 0 Å². The summed E-state index contributed by atoms with van der Waals surface area (Å²) in [6.45, 7) is 6.44. The molecule has 1 atom stereocenters. The predicted octanol–water partition coefficient (Wildman–Crippen LogP) is 3.51. The van der Waals surface area contributed by atoms with Gasteiger partial charge >= 0.3 is 0 Å². The predicted molar refractivity (Wildman–Crippen MR) is 109 cm³/mol. The van der Waals surface area contributed by atoms with E-state index in [1.165, 1.54) is 47.0 Å². The maximum atomic E-state index is 5.92. The van der Waals surface area contributed by atoms with Crippen LogP contribution in [0.5, 0.6) is 0 Å². The van der Waals surface area contributed by atoms with Gasteiger partial charge in [0.2, 0.25) is 5.95 Å². The van der Waals surface area contributed by atoms with E-state index < -0.39 is 0 Å². The molecular weight excluding hydrogens is 334 g/mol. The molecule has 1 aliphatic heterocycles. The molecule has 0 amide bonds. The third-order valence-corrected chi connectivity index (χ3v) is 6.55. The molecule has 3 heterocycles. The van der Waals surface area contributed by atoms with Gasteiger partial charge in [0, 0.05) is 48.3 Å². The first-order valence-corrected chi connectivity index (χ1v) is 10.1. The Morgan fingerprint density at radius 1 is 1.22 bits per heavy atom. The van der Waals surface area contributed by atoms with Gasteiger partial charge in [0.25, 0.3) is 0 Å². The van der Waals surface area contributed by atoms with E-state index in [9.17, 15) is 0 Å². The zero-order chi connectivity index (χ0) is 18.4. The number of fused-ring (bicyclic) bond motifs is 3. The van der Waals surface area contributed by atoms with Crippen molar-refractivity contribution in [1.82, 2.24) is 19.4 Å². The highest BCUT2D eigenvalue weighted by atomic mass is 15.1. The van der Waals surface area contributed by atoms with Crippen LogP contribution in [0.3, 0.4) is 0 Å². The van der Waals surface area contributed by atoms with Crippen LogP contribution in [0.15, 0.2) is 36.7 Å². The molecule has 2 aromatic heterocycles. The Balaban J connectivity index is 1.44. The van der Waals surface area contributed by atoms with Gasteiger partial charge in [-0.25, -0.2) is 9.97 Å². The molecular formula is C22H27N5. The fraction of sp³-hybridized carbons (Fsp3) is 0.455. The monoisotopic (exact) mass is 361 g/mol. The Morgan fingerprint density at radius 2 is 2.15 bits per heavy atom. The molecule has 1 saturated heterocycles. The SMILES string of the molecule is CCn1ccc2c(CN3CCCC4(CCc5cnc(N)nc54)C3)cccc21. The molecule has 0 radical (unpaired) electrons. The summed E-state index contributed by atoms with van der Waals surface area (Å²) in [6.07, 6.45) is 8.84. The highest BCUT2D eigenvalue weighted by Gasteiger charge is 2.43. The van der Waals surface area contributed by atoms with Gasteiger partial charge in [-0.05, 0) is 62.4 Å². The van der Waals surface area contributed by atoms with E-state index in [4.69, 9.17) is 5.73 Å². The summed E-state index contributed by atoms with van der Waals surface area (Å²) in [6, 6.07) is 8.98. The summed E-state index contributed by atoms with van der Waals surface area (Å²) in [5, 5.41) is 1.39. The first-order valence-electron chi connectivity index (χ1n) is 10.1. The molecule has 0 bridgehead atoms. The molecule has 140 valence electrons. The van der Waals surface area contributed by atoms with Crippen molar-refractivity contribution >= 4 is 16.9 Å². The van der Waals surface area contributed by atoms with Crippen molar-refractivity contribution in [3.63, 3.8) is 0 Å². The van der Waals surface area contributed by atoms with Gasteiger partial charge in [-0.15, -0.1) is 0 Å². The minimum Gasteiger partial charge on any atom is -0.368 e. The van der Waals surface area contributed by atoms with Crippen LogP contribution >= 0.6 is 0 Å². The number of piperidine rings is 1. The highest BCUT2D eigenvalue weighted by Crippen LogP contribution is 2.44. The van der Waals surface area contributed by atoms with Crippen molar-refractivity contribution in [2.75, 3.05) is 18.8 Å². The number of aryl methyl sites for hydroxylation is 2. The van der Waals surface area contributed by atoms with Crippen LogP contribution in [0.1, 0.15) is 43.0 Å². The minimum atomic E-state index is 0.161. The average Bonchev–Trinajstić information content (AvgIpc) is 3.25. The Morgan fingerprint density at radius 3 is 3.04 bits per heavy atom. The smallest absolute Gasteiger partial charge is 0.220 e. The van der Waals surface area contributed by atoms with E-state index in [2.05, 4.69) is 56.8 Å². The second kappa shape index (κ2) is 6.34. The summed E-state index contributed by atoms with van der Waals surface area (Å²) in [5.41, 5.74) is 11.4. The van der Waals surface area contributed by atoms with E-state index >= 15 is 0 Å². The van der Waals surface area contributed by atoms with Crippen molar-refractivity contribution in [2.24, 2.45) is 0 Å². The minimum absolute atomic E-state index is 0.161. The van der Waals surface area contributed by atoms with Gasteiger partial charge in [-0.1, -0.05) is 12.1 Å². The number of benzene rings is 1. The van der Waals surface area contributed by atoms with E-state index in [1.54, 1.807) is 0 Å². The number of aromatic nitrogens is 3. The average molecular weight is 361 g/mol. The second-order valence-corrected chi connectivity index (χ2v) is 8.15. The molecule has 1 spiro atoms. The largest absolute Gasteiger partial charge is 0.368 e. The molecule has 5 heteroatoms. The number of nitrogen functional groups attached to an aromatic ring is 1. The van der Waals surface area contributed by atoms with E-state index in [1.807, 2.05) is 6.20 Å². The molecule has 5 nitrogen and oxygen atoms in total. The molecule has 0 saturated carbocycles. The number of anilines is 1. The maximum Gasteiger partial charge on any atom is 0.220 e. The summed E-state index contributed by atoms with van der Waals surface area (Å²) in [5.74, 6) is 0.415. The van der Waals surface area contributed by atoms with Gasteiger partial charge in [-0.3, -0.25) is 4.90 Å². The first-order chi connectivity index (χ1) is 13.2. The third kappa shape index (κ3) is 2.72. The number of nitrogens with zero attached hydrogens (tertiary/aromatic N) is 4. The van der Waals surface area contributed by atoms with Crippen molar-refractivity contribution in [3.05, 3.63) is 53.5 Å². The lowest BCUT2D eigenvalue weighted by atomic mass is 9.77. The van der Waals surface area contributed by atoms with Crippen molar-refractivity contribution < 1.29 is 0 Å². The van der Waals surface area contributed by atoms with Crippen LogP contribution < -0.4 is 5.73 Å². The van der Waals surface area contributed by atoms with Gasteiger partial charge in [0.1, 0.15) is 0 Å². The Bertz CT molecular complexity index is 988. The molecule has 1 fully saturated rings. The summed E-state index contributed by atoms with van der Waals surface area (Å²) in [4.78, 5) is 11.5. The molecule has 1 aromatic carbocycles. The Hall–Kier alpha value is -2.40. The van der Waals surface area contributed by atoms with Crippen LogP contribution in [-0.4, -0.2) is 32.5 Å². The van der Waals surface area contributed by atoms with Crippen molar-refractivity contribution in [2.45, 2.75) is 51.1 Å². The van der Waals surface area contributed by atoms with Gasteiger partial charge in [-0.2, -0.15) is 0 Å². The van der Waals surface area contributed by atoms with Gasteiger partial charge in [0.05, 0.1) is 5.69 Å². The summed E-state index contributed by atoms with van der Waals surface area (Å²) < 4.78 is 2.32. The van der Waals surface area contributed by atoms with Crippen LogP contribution in [0.2, 0.25) is 0 Å². The second-order valence-electron chi connectivity index (χ2n) is 8.15. The summed E-state index contributed by atoms with van der Waals surface area (Å²) in [7, 11) is 0.